The molecule has 1 saturated carbocycles. The fraction of sp³-hybridized carbons (Fsp3) is 0.483. The second-order valence-corrected chi connectivity index (χ2v) is 10.9. The number of methoxy groups -OCH3 is 2. The number of nitro groups is 2. The summed E-state index contributed by atoms with van der Waals surface area (Å²) in [5.74, 6) is -4.13. The fourth-order valence-electron chi connectivity index (χ4n) is 5.76. The number of carbonyl (C=O) groups is 1. The van der Waals surface area contributed by atoms with Gasteiger partial charge in [-0.05, 0) is 69.0 Å². The third-order valence-corrected chi connectivity index (χ3v) is 7.41. The lowest BCUT2D eigenvalue weighted by Gasteiger charge is -2.48. The van der Waals surface area contributed by atoms with Gasteiger partial charge >= 0.3 is 5.97 Å². The average Bonchev–Trinajstić information content (AvgIpc) is 2.90. The van der Waals surface area contributed by atoms with Crippen LogP contribution in [0, 0.1) is 26.1 Å². The molecule has 0 heterocycles. The van der Waals surface area contributed by atoms with Crippen LogP contribution in [0.2, 0.25) is 0 Å². The lowest BCUT2D eigenvalue weighted by atomic mass is 9.55. The third kappa shape index (κ3) is 5.94. The van der Waals surface area contributed by atoms with Gasteiger partial charge < -0.3 is 19.3 Å². The maximum Gasteiger partial charge on any atom is 0.346 e. The fourth-order valence-corrected chi connectivity index (χ4v) is 5.76. The SMILES string of the molecule is C=CCC[C@@H]1[C@H](c2ccc(OC)cc2)[C@H]([N+](=O)[O-])[C@@H](c2ccc(OC)cc2)[C@H]([N+](=O)[O-])[C@@]1(O)C(=O)OC(C)(C)C. The summed E-state index contributed by atoms with van der Waals surface area (Å²) in [6.45, 7) is 8.46. The number of hydrogen-bond donors (Lipinski definition) is 1. The number of ether oxygens (including phenoxy) is 3. The number of allylic oxidation sites excluding steroid dienone is 1. The Balaban J connectivity index is 2.40. The first-order valence-electron chi connectivity index (χ1n) is 12.9. The van der Waals surface area contributed by atoms with Crippen molar-refractivity contribution in [1.82, 2.24) is 0 Å². The topological polar surface area (TPSA) is 151 Å². The van der Waals surface area contributed by atoms with E-state index in [2.05, 4.69) is 6.58 Å². The maximum absolute atomic E-state index is 13.8. The Morgan fingerprint density at radius 3 is 1.80 bits per heavy atom. The summed E-state index contributed by atoms with van der Waals surface area (Å²) >= 11 is 0. The van der Waals surface area contributed by atoms with Gasteiger partial charge in [0.15, 0.2) is 0 Å². The summed E-state index contributed by atoms with van der Waals surface area (Å²) in [4.78, 5) is 38.2. The largest absolute Gasteiger partial charge is 0.497 e. The summed E-state index contributed by atoms with van der Waals surface area (Å²) in [6, 6.07) is 8.84. The second kappa shape index (κ2) is 12.0. The molecule has 216 valence electrons. The first kappa shape index (κ1) is 30.6. The van der Waals surface area contributed by atoms with Crippen LogP contribution >= 0.6 is 0 Å². The van der Waals surface area contributed by atoms with E-state index in [1.54, 1.807) is 51.1 Å². The predicted molar refractivity (Wildman–Crippen MR) is 147 cm³/mol. The molecule has 11 nitrogen and oxygen atoms in total. The van der Waals surface area contributed by atoms with Crippen molar-refractivity contribution in [3.63, 3.8) is 0 Å². The number of benzene rings is 2. The van der Waals surface area contributed by atoms with Gasteiger partial charge in [-0.25, -0.2) is 4.79 Å². The number of nitrogens with zero attached hydrogens (tertiary/aromatic N) is 2. The zero-order valence-corrected chi connectivity index (χ0v) is 23.3. The van der Waals surface area contributed by atoms with Gasteiger partial charge in [-0.15, -0.1) is 6.58 Å². The molecule has 0 radical (unpaired) electrons. The summed E-state index contributed by atoms with van der Waals surface area (Å²) < 4.78 is 16.0. The van der Waals surface area contributed by atoms with Crippen molar-refractivity contribution in [2.45, 2.75) is 68.7 Å². The molecule has 0 saturated heterocycles. The highest BCUT2D eigenvalue weighted by Gasteiger charge is 2.72. The van der Waals surface area contributed by atoms with Crippen LogP contribution < -0.4 is 9.47 Å². The number of aliphatic hydroxyl groups is 1. The molecule has 0 aliphatic heterocycles. The van der Waals surface area contributed by atoms with Crippen molar-refractivity contribution < 1.29 is 34.0 Å². The summed E-state index contributed by atoms with van der Waals surface area (Å²) in [7, 11) is 2.92. The van der Waals surface area contributed by atoms with Crippen molar-refractivity contribution in [3.8, 4) is 11.5 Å². The molecular formula is C29H36N2O9. The van der Waals surface area contributed by atoms with Crippen LogP contribution in [0.4, 0.5) is 0 Å². The molecule has 1 N–H and O–H groups in total. The smallest absolute Gasteiger partial charge is 0.346 e. The molecule has 0 aromatic heterocycles. The minimum atomic E-state index is -2.72. The van der Waals surface area contributed by atoms with E-state index < -0.39 is 56.9 Å². The second-order valence-electron chi connectivity index (χ2n) is 10.9. The molecular weight excluding hydrogens is 520 g/mol. The molecule has 0 bridgehead atoms. The van der Waals surface area contributed by atoms with E-state index >= 15 is 0 Å². The van der Waals surface area contributed by atoms with E-state index in [1.165, 1.54) is 38.5 Å². The maximum atomic E-state index is 13.8. The van der Waals surface area contributed by atoms with Crippen LogP contribution in [0.1, 0.15) is 56.6 Å². The average molecular weight is 557 g/mol. The van der Waals surface area contributed by atoms with Crippen LogP contribution in [0.5, 0.6) is 11.5 Å². The first-order chi connectivity index (χ1) is 18.8. The molecule has 0 amide bonds. The van der Waals surface area contributed by atoms with Crippen molar-refractivity contribution in [1.29, 1.82) is 0 Å². The van der Waals surface area contributed by atoms with Gasteiger partial charge in [0.1, 0.15) is 23.0 Å². The van der Waals surface area contributed by atoms with Crippen LogP contribution in [0.15, 0.2) is 61.2 Å². The van der Waals surface area contributed by atoms with Crippen molar-refractivity contribution in [2.24, 2.45) is 5.92 Å². The number of carbonyl (C=O) groups excluding carboxylic acids is 1. The van der Waals surface area contributed by atoms with Crippen LogP contribution in [0.25, 0.3) is 0 Å². The minimum absolute atomic E-state index is 0.0138. The molecule has 11 heteroatoms. The highest BCUT2D eigenvalue weighted by molar-refractivity contribution is 5.82. The van der Waals surface area contributed by atoms with Crippen LogP contribution in [0.3, 0.4) is 0 Å². The van der Waals surface area contributed by atoms with Gasteiger partial charge in [-0.2, -0.15) is 0 Å². The monoisotopic (exact) mass is 556 g/mol. The van der Waals surface area contributed by atoms with E-state index in [-0.39, 0.29) is 18.4 Å². The van der Waals surface area contributed by atoms with E-state index in [1.807, 2.05) is 0 Å². The van der Waals surface area contributed by atoms with E-state index in [4.69, 9.17) is 14.2 Å². The Morgan fingerprint density at radius 2 is 1.43 bits per heavy atom. The number of rotatable bonds is 10. The van der Waals surface area contributed by atoms with Gasteiger partial charge in [0.25, 0.3) is 6.04 Å². The summed E-state index contributed by atoms with van der Waals surface area (Å²) in [5, 5.41) is 38.1. The third-order valence-electron chi connectivity index (χ3n) is 7.41. The number of esters is 1. The summed E-state index contributed by atoms with van der Waals surface area (Å²) in [5.41, 5.74) is -3.17. The van der Waals surface area contributed by atoms with Crippen molar-refractivity contribution >= 4 is 5.97 Å². The Hall–Kier alpha value is -3.99. The van der Waals surface area contributed by atoms with Gasteiger partial charge in [0.2, 0.25) is 11.6 Å². The molecule has 3 rings (SSSR count). The normalized spacial score (nSPS) is 26.4. The Bertz CT molecular complexity index is 1220. The molecule has 2 aromatic rings. The van der Waals surface area contributed by atoms with Crippen molar-refractivity contribution in [2.75, 3.05) is 14.2 Å². The minimum Gasteiger partial charge on any atom is -0.497 e. The van der Waals surface area contributed by atoms with Gasteiger partial charge in [0.05, 0.1) is 20.1 Å². The molecule has 1 aliphatic rings. The Morgan fingerprint density at radius 1 is 0.950 bits per heavy atom. The van der Waals surface area contributed by atoms with Gasteiger partial charge in [-0.1, -0.05) is 30.3 Å². The highest BCUT2D eigenvalue weighted by atomic mass is 16.6. The molecule has 0 spiro atoms. The lowest BCUT2D eigenvalue weighted by molar-refractivity contribution is -0.594. The molecule has 2 aromatic carbocycles. The van der Waals surface area contributed by atoms with Crippen molar-refractivity contribution in [3.05, 3.63) is 92.5 Å². The van der Waals surface area contributed by atoms with Gasteiger partial charge in [-0.3, -0.25) is 20.2 Å². The quantitative estimate of drug-likeness (QED) is 0.193. The standard InChI is InChI=1S/C29H36N2O9/c1-7-8-9-22-23(18-10-14-20(38-5)15-11-18)25(30(34)35)24(19-12-16-21(39-6)17-13-19)26(31(36)37)29(22,33)27(32)40-28(2,3)4/h7,10-17,22-26,33H,1,8-9H2,2-6H3/t22-,23+,24-,25+,26+,29-/m1/s1. The van der Waals surface area contributed by atoms with E-state index in [9.17, 15) is 30.1 Å². The summed E-state index contributed by atoms with van der Waals surface area (Å²) in [6.07, 6.45) is 1.79. The molecule has 6 atom stereocenters. The van der Waals surface area contributed by atoms with E-state index in [0.29, 0.717) is 17.1 Å². The Kier molecular flexibility index (Phi) is 9.19. The first-order valence-corrected chi connectivity index (χ1v) is 12.9. The zero-order chi connectivity index (χ0) is 29.8. The predicted octanol–water partition coefficient (Wildman–Crippen LogP) is 4.53. The highest BCUT2D eigenvalue weighted by Crippen LogP contribution is 2.54. The van der Waals surface area contributed by atoms with Gasteiger partial charge in [0, 0.05) is 15.8 Å². The van der Waals surface area contributed by atoms with Crippen LogP contribution in [-0.2, 0) is 9.53 Å². The van der Waals surface area contributed by atoms with E-state index in [0.717, 1.165) is 0 Å². The molecule has 1 fully saturated rings. The molecule has 0 unspecified atom stereocenters. The Labute approximate surface area is 233 Å². The number of hydrogen-bond acceptors (Lipinski definition) is 9. The zero-order valence-electron chi connectivity index (χ0n) is 23.3. The lowest BCUT2D eigenvalue weighted by Crippen LogP contribution is -2.69. The molecule has 40 heavy (non-hydrogen) atoms. The van der Waals surface area contributed by atoms with Crippen LogP contribution in [-0.4, -0.2) is 58.4 Å². The molecule has 1 aliphatic carbocycles.